The molecule has 0 bridgehead atoms. The van der Waals surface area contributed by atoms with Gasteiger partial charge in [0.2, 0.25) is 15.9 Å². The molecule has 106 valence electrons. The second-order valence-corrected chi connectivity index (χ2v) is 6.67. The second kappa shape index (κ2) is 5.30. The van der Waals surface area contributed by atoms with E-state index in [-0.39, 0.29) is 16.8 Å². The van der Waals surface area contributed by atoms with Crippen LogP contribution in [0.15, 0.2) is 17.3 Å². The third kappa shape index (κ3) is 3.13. The Morgan fingerprint density at radius 1 is 1.42 bits per heavy atom. The van der Waals surface area contributed by atoms with Crippen LogP contribution in [0.2, 0.25) is 0 Å². The van der Waals surface area contributed by atoms with E-state index in [0.717, 1.165) is 0 Å². The highest BCUT2D eigenvalue weighted by Crippen LogP contribution is 2.20. The van der Waals surface area contributed by atoms with Gasteiger partial charge >= 0.3 is 0 Å². The van der Waals surface area contributed by atoms with Crippen molar-refractivity contribution in [3.63, 3.8) is 0 Å². The van der Waals surface area contributed by atoms with Crippen molar-refractivity contribution in [3.8, 4) is 0 Å². The molecule has 1 aliphatic heterocycles. The number of amides is 1. The van der Waals surface area contributed by atoms with Gasteiger partial charge in [-0.2, -0.15) is 9.40 Å². The first-order valence-corrected chi connectivity index (χ1v) is 7.59. The predicted molar refractivity (Wildman–Crippen MR) is 68.8 cm³/mol. The predicted octanol–water partition coefficient (Wildman–Crippen LogP) is -0.291. The SMILES string of the molecule is CC(=O)NC1CCN(S(=O)(=O)c2cnn(C)c2)CC1. The molecule has 1 N–H and O–H groups in total. The molecule has 7 nitrogen and oxygen atoms in total. The van der Waals surface area contributed by atoms with Crippen molar-refractivity contribution in [1.82, 2.24) is 19.4 Å². The summed E-state index contributed by atoms with van der Waals surface area (Å²) in [6.45, 7) is 2.31. The lowest BCUT2D eigenvalue weighted by Gasteiger charge is -2.31. The Kier molecular flexibility index (Phi) is 3.91. The maximum absolute atomic E-state index is 12.3. The standard InChI is InChI=1S/C11H18N4O3S/c1-9(16)13-10-3-5-15(6-4-10)19(17,18)11-7-12-14(2)8-11/h7-8,10H,3-6H2,1-2H3,(H,13,16). The Hall–Kier alpha value is -1.41. The third-order valence-electron chi connectivity index (χ3n) is 3.18. The van der Waals surface area contributed by atoms with Crippen LogP contribution in [0.4, 0.5) is 0 Å². The highest BCUT2D eigenvalue weighted by atomic mass is 32.2. The van der Waals surface area contributed by atoms with Gasteiger partial charge in [0.25, 0.3) is 0 Å². The van der Waals surface area contributed by atoms with Gasteiger partial charge in [-0.25, -0.2) is 8.42 Å². The van der Waals surface area contributed by atoms with E-state index in [0.29, 0.717) is 25.9 Å². The fourth-order valence-electron chi connectivity index (χ4n) is 2.21. The summed E-state index contributed by atoms with van der Waals surface area (Å²) in [6, 6.07) is 0.0675. The van der Waals surface area contributed by atoms with Crippen LogP contribution in [0.3, 0.4) is 0 Å². The molecule has 1 aromatic rings. The molecule has 1 aromatic heterocycles. The van der Waals surface area contributed by atoms with Crippen molar-refractivity contribution in [2.24, 2.45) is 7.05 Å². The van der Waals surface area contributed by atoms with Crippen molar-refractivity contribution >= 4 is 15.9 Å². The van der Waals surface area contributed by atoms with Crippen LogP contribution in [0, 0.1) is 0 Å². The van der Waals surface area contributed by atoms with Crippen LogP contribution >= 0.6 is 0 Å². The number of rotatable bonds is 3. The lowest BCUT2D eigenvalue weighted by Crippen LogP contribution is -2.45. The highest BCUT2D eigenvalue weighted by molar-refractivity contribution is 7.89. The zero-order valence-corrected chi connectivity index (χ0v) is 11.9. The topological polar surface area (TPSA) is 84.3 Å². The van der Waals surface area contributed by atoms with Crippen LogP contribution in [-0.4, -0.2) is 47.5 Å². The second-order valence-electron chi connectivity index (χ2n) is 4.73. The molecule has 0 aliphatic carbocycles. The van der Waals surface area contributed by atoms with Crippen LogP contribution in [0.25, 0.3) is 0 Å². The number of piperidine rings is 1. The Labute approximate surface area is 112 Å². The zero-order valence-electron chi connectivity index (χ0n) is 11.0. The molecule has 0 radical (unpaired) electrons. The largest absolute Gasteiger partial charge is 0.354 e. The maximum Gasteiger partial charge on any atom is 0.246 e. The molecule has 1 aliphatic rings. The van der Waals surface area contributed by atoms with Crippen molar-refractivity contribution < 1.29 is 13.2 Å². The number of aryl methyl sites for hydroxylation is 1. The van der Waals surface area contributed by atoms with Crippen molar-refractivity contribution in [3.05, 3.63) is 12.4 Å². The van der Waals surface area contributed by atoms with Crippen LogP contribution in [-0.2, 0) is 21.9 Å². The van der Waals surface area contributed by atoms with E-state index in [4.69, 9.17) is 0 Å². The van der Waals surface area contributed by atoms with Gasteiger partial charge in [0.1, 0.15) is 4.90 Å². The molecule has 0 aromatic carbocycles. The molecule has 19 heavy (non-hydrogen) atoms. The van der Waals surface area contributed by atoms with Gasteiger partial charge in [0.05, 0.1) is 6.20 Å². The van der Waals surface area contributed by atoms with Gasteiger partial charge in [-0.05, 0) is 12.8 Å². The Bertz CT molecular complexity index is 558. The Morgan fingerprint density at radius 2 is 2.05 bits per heavy atom. The smallest absolute Gasteiger partial charge is 0.246 e. The lowest BCUT2D eigenvalue weighted by molar-refractivity contribution is -0.119. The molecule has 1 fully saturated rings. The number of nitrogens with one attached hydrogen (secondary N) is 1. The summed E-state index contributed by atoms with van der Waals surface area (Å²) in [5.41, 5.74) is 0. The molecule has 0 spiro atoms. The van der Waals surface area contributed by atoms with Gasteiger partial charge in [-0.1, -0.05) is 0 Å². The molecular weight excluding hydrogens is 268 g/mol. The average molecular weight is 286 g/mol. The minimum Gasteiger partial charge on any atom is -0.354 e. The van der Waals surface area contributed by atoms with E-state index in [1.807, 2.05) is 0 Å². The summed E-state index contributed by atoms with van der Waals surface area (Å²) in [7, 11) is -1.77. The first-order valence-electron chi connectivity index (χ1n) is 6.15. The van der Waals surface area contributed by atoms with E-state index in [9.17, 15) is 13.2 Å². The third-order valence-corrected chi connectivity index (χ3v) is 5.03. The first-order chi connectivity index (χ1) is 8.89. The summed E-state index contributed by atoms with van der Waals surface area (Å²) in [4.78, 5) is 11.2. The molecule has 2 rings (SSSR count). The van der Waals surface area contributed by atoms with Crippen LogP contribution in [0.5, 0.6) is 0 Å². The van der Waals surface area contributed by atoms with Crippen molar-refractivity contribution in [1.29, 1.82) is 0 Å². The summed E-state index contributed by atoms with van der Waals surface area (Å²) < 4.78 is 27.5. The zero-order chi connectivity index (χ0) is 14.0. The first kappa shape index (κ1) is 14.0. The number of aromatic nitrogens is 2. The monoisotopic (exact) mass is 286 g/mol. The molecular formula is C11H18N4O3S. The molecule has 1 saturated heterocycles. The molecule has 1 amide bonds. The fourth-order valence-corrected chi connectivity index (χ4v) is 3.66. The molecule has 2 heterocycles. The summed E-state index contributed by atoms with van der Waals surface area (Å²) >= 11 is 0. The average Bonchev–Trinajstić information content (AvgIpc) is 2.76. The van der Waals surface area contributed by atoms with E-state index in [1.165, 1.54) is 28.3 Å². The number of nitrogens with zero attached hydrogens (tertiary/aromatic N) is 3. The van der Waals surface area contributed by atoms with E-state index >= 15 is 0 Å². The van der Waals surface area contributed by atoms with Gasteiger partial charge < -0.3 is 5.32 Å². The highest BCUT2D eigenvalue weighted by Gasteiger charge is 2.30. The van der Waals surface area contributed by atoms with Gasteiger partial charge in [0, 0.05) is 39.3 Å². The number of hydrogen-bond donors (Lipinski definition) is 1. The summed E-state index contributed by atoms with van der Waals surface area (Å²) in [5.74, 6) is -0.0754. The van der Waals surface area contributed by atoms with Crippen molar-refractivity contribution in [2.75, 3.05) is 13.1 Å². The normalized spacial score (nSPS) is 18.4. The summed E-state index contributed by atoms with van der Waals surface area (Å²) in [5, 5.41) is 6.71. The van der Waals surface area contributed by atoms with Crippen LogP contribution < -0.4 is 5.32 Å². The van der Waals surface area contributed by atoms with Gasteiger partial charge in [0.15, 0.2) is 0 Å². The van der Waals surface area contributed by atoms with E-state index < -0.39 is 10.0 Å². The maximum atomic E-state index is 12.3. The quantitative estimate of drug-likeness (QED) is 0.827. The molecule has 0 saturated carbocycles. The fraction of sp³-hybridized carbons (Fsp3) is 0.636. The van der Waals surface area contributed by atoms with Gasteiger partial charge in [-0.3, -0.25) is 9.48 Å². The minimum absolute atomic E-state index is 0.0675. The molecule has 8 heteroatoms. The van der Waals surface area contributed by atoms with E-state index in [1.54, 1.807) is 7.05 Å². The van der Waals surface area contributed by atoms with Gasteiger partial charge in [-0.15, -0.1) is 0 Å². The summed E-state index contributed by atoms with van der Waals surface area (Å²) in [6.07, 6.45) is 4.13. The number of carbonyl (C=O) groups excluding carboxylic acids is 1. The lowest BCUT2D eigenvalue weighted by atomic mass is 10.1. The van der Waals surface area contributed by atoms with Crippen molar-refractivity contribution in [2.45, 2.75) is 30.7 Å². The Morgan fingerprint density at radius 3 is 2.53 bits per heavy atom. The number of hydrogen-bond acceptors (Lipinski definition) is 4. The number of sulfonamides is 1. The Balaban J connectivity index is 2.03. The van der Waals surface area contributed by atoms with Crippen LogP contribution in [0.1, 0.15) is 19.8 Å². The molecule has 0 unspecified atom stereocenters. The van der Waals surface area contributed by atoms with E-state index in [2.05, 4.69) is 10.4 Å². The molecule has 0 atom stereocenters. The minimum atomic E-state index is -3.46. The number of carbonyl (C=O) groups is 1.